The van der Waals surface area contributed by atoms with Crippen molar-refractivity contribution in [2.24, 2.45) is 5.92 Å². The van der Waals surface area contributed by atoms with E-state index in [1.54, 1.807) is 12.5 Å². The van der Waals surface area contributed by atoms with E-state index in [9.17, 15) is 18.0 Å². The summed E-state index contributed by atoms with van der Waals surface area (Å²) < 4.78 is 39.5. The maximum absolute atomic E-state index is 12.5. The number of nitrogens with zero attached hydrogens (tertiary/aromatic N) is 2. The summed E-state index contributed by atoms with van der Waals surface area (Å²) in [5.41, 5.74) is 0.642. The van der Waals surface area contributed by atoms with Crippen LogP contribution in [-0.4, -0.2) is 15.5 Å². The summed E-state index contributed by atoms with van der Waals surface area (Å²) in [6.45, 7) is 0.723. The number of carbonyl (C=O) groups excluding carboxylic acids is 1. The molecule has 2 heterocycles. The number of halogens is 3. The largest absolute Gasteiger partial charge is 0.416 e. The van der Waals surface area contributed by atoms with E-state index in [4.69, 9.17) is 0 Å². The van der Waals surface area contributed by atoms with Crippen molar-refractivity contribution in [2.45, 2.75) is 25.6 Å². The van der Waals surface area contributed by atoms with Gasteiger partial charge in [-0.2, -0.15) is 13.2 Å². The Labute approximate surface area is 125 Å². The van der Waals surface area contributed by atoms with Crippen LogP contribution < -0.4 is 5.32 Å². The van der Waals surface area contributed by atoms with Crippen LogP contribution in [0.2, 0.25) is 0 Å². The lowest BCUT2D eigenvalue weighted by molar-refractivity contribution is -0.137. The summed E-state index contributed by atoms with van der Waals surface area (Å²) in [5.74, 6) is -0.362. The number of nitrogens with one attached hydrogen (secondary N) is 1. The van der Waals surface area contributed by atoms with Crippen LogP contribution in [-0.2, 0) is 23.9 Å². The molecular weight excluding hydrogens is 295 g/mol. The number of imidazole rings is 1. The molecule has 0 aliphatic carbocycles. The highest BCUT2D eigenvalue weighted by atomic mass is 19.4. The van der Waals surface area contributed by atoms with Crippen LogP contribution in [0.1, 0.15) is 17.7 Å². The number of rotatable bonds is 2. The van der Waals surface area contributed by atoms with E-state index in [1.807, 2.05) is 4.57 Å². The average molecular weight is 309 g/mol. The summed E-state index contributed by atoms with van der Waals surface area (Å²) >= 11 is 0. The Balaban J connectivity index is 1.65. The lowest BCUT2D eigenvalue weighted by atomic mass is 9.95. The van der Waals surface area contributed by atoms with E-state index in [1.165, 1.54) is 12.1 Å². The quantitative estimate of drug-likeness (QED) is 0.926. The molecule has 7 heteroatoms. The van der Waals surface area contributed by atoms with Gasteiger partial charge >= 0.3 is 6.18 Å². The monoisotopic (exact) mass is 309 g/mol. The van der Waals surface area contributed by atoms with Crippen molar-refractivity contribution in [3.05, 3.63) is 48.0 Å². The van der Waals surface area contributed by atoms with Crippen LogP contribution in [0.25, 0.3) is 0 Å². The van der Waals surface area contributed by atoms with Gasteiger partial charge in [0.25, 0.3) is 0 Å². The lowest BCUT2D eigenvalue weighted by Crippen LogP contribution is -2.29. The van der Waals surface area contributed by atoms with Gasteiger partial charge in [0, 0.05) is 36.5 Å². The van der Waals surface area contributed by atoms with E-state index in [2.05, 4.69) is 10.3 Å². The summed E-state index contributed by atoms with van der Waals surface area (Å²) in [7, 11) is 0. The summed E-state index contributed by atoms with van der Waals surface area (Å²) in [4.78, 5) is 16.3. The molecule has 0 bridgehead atoms. The van der Waals surface area contributed by atoms with Crippen molar-refractivity contribution >= 4 is 11.6 Å². The Morgan fingerprint density at radius 3 is 2.68 bits per heavy atom. The Hall–Kier alpha value is -2.31. The SMILES string of the molecule is O=C(Nc1ccc(C(F)(F)F)cc1)C1CCn2cncc2C1. The predicted octanol–water partition coefficient (Wildman–Crippen LogP) is 3.10. The van der Waals surface area contributed by atoms with Crippen LogP contribution in [0.5, 0.6) is 0 Å². The zero-order chi connectivity index (χ0) is 15.7. The number of carbonyl (C=O) groups is 1. The highest BCUT2D eigenvalue weighted by Crippen LogP contribution is 2.30. The second-order valence-corrected chi connectivity index (χ2v) is 5.33. The molecule has 0 spiro atoms. The van der Waals surface area contributed by atoms with Gasteiger partial charge in [-0.1, -0.05) is 0 Å². The zero-order valence-electron chi connectivity index (χ0n) is 11.6. The van der Waals surface area contributed by atoms with E-state index in [0.29, 0.717) is 18.5 Å². The van der Waals surface area contributed by atoms with Gasteiger partial charge in [0.2, 0.25) is 5.91 Å². The van der Waals surface area contributed by atoms with Crippen LogP contribution in [0, 0.1) is 5.92 Å². The Kier molecular flexibility index (Phi) is 3.64. The normalized spacial score (nSPS) is 17.9. The average Bonchev–Trinajstić information content (AvgIpc) is 2.94. The van der Waals surface area contributed by atoms with Gasteiger partial charge in [-0.05, 0) is 30.7 Å². The van der Waals surface area contributed by atoms with Crippen molar-refractivity contribution in [3.63, 3.8) is 0 Å². The highest BCUT2D eigenvalue weighted by molar-refractivity contribution is 5.92. The molecule has 0 saturated carbocycles. The third kappa shape index (κ3) is 2.98. The summed E-state index contributed by atoms with van der Waals surface area (Å²) in [5, 5.41) is 2.68. The molecule has 1 aromatic carbocycles. The molecule has 0 saturated heterocycles. The first-order chi connectivity index (χ1) is 10.4. The molecule has 1 aromatic heterocycles. The third-order valence-corrected chi connectivity index (χ3v) is 3.82. The molecule has 3 rings (SSSR count). The number of hydrogen-bond acceptors (Lipinski definition) is 2. The van der Waals surface area contributed by atoms with Crippen LogP contribution in [0.4, 0.5) is 18.9 Å². The van der Waals surface area contributed by atoms with Gasteiger partial charge < -0.3 is 9.88 Å². The van der Waals surface area contributed by atoms with Crippen LogP contribution >= 0.6 is 0 Å². The number of benzene rings is 1. The maximum atomic E-state index is 12.5. The highest BCUT2D eigenvalue weighted by Gasteiger charge is 2.30. The minimum atomic E-state index is -4.37. The molecule has 1 aliphatic heterocycles. The maximum Gasteiger partial charge on any atom is 0.416 e. The van der Waals surface area contributed by atoms with Crippen molar-refractivity contribution in [1.29, 1.82) is 0 Å². The van der Waals surface area contributed by atoms with E-state index in [-0.39, 0.29) is 11.8 Å². The predicted molar refractivity (Wildman–Crippen MR) is 74.1 cm³/mol. The number of amides is 1. The van der Waals surface area contributed by atoms with Gasteiger partial charge in [-0.15, -0.1) is 0 Å². The molecule has 0 fully saturated rings. The fourth-order valence-electron chi connectivity index (χ4n) is 2.58. The molecule has 1 amide bonds. The molecule has 2 aromatic rings. The Morgan fingerprint density at radius 2 is 2.00 bits per heavy atom. The first-order valence-corrected chi connectivity index (χ1v) is 6.90. The second kappa shape index (κ2) is 5.47. The number of fused-ring (bicyclic) bond motifs is 1. The molecule has 4 nitrogen and oxygen atoms in total. The minimum Gasteiger partial charge on any atom is -0.335 e. The number of anilines is 1. The van der Waals surface area contributed by atoms with Crippen molar-refractivity contribution in [3.8, 4) is 0 Å². The van der Waals surface area contributed by atoms with E-state index >= 15 is 0 Å². The van der Waals surface area contributed by atoms with E-state index < -0.39 is 11.7 Å². The van der Waals surface area contributed by atoms with Gasteiger partial charge in [0.05, 0.1) is 11.9 Å². The standard InChI is InChI=1S/C15H14F3N3O/c16-15(17,18)11-1-3-12(4-2-11)20-14(22)10-5-6-21-9-19-8-13(21)7-10/h1-4,8-10H,5-7H2,(H,20,22). The molecule has 22 heavy (non-hydrogen) atoms. The van der Waals surface area contributed by atoms with Gasteiger partial charge in [-0.3, -0.25) is 4.79 Å². The lowest BCUT2D eigenvalue weighted by Gasteiger charge is -2.23. The van der Waals surface area contributed by atoms with Crippen molar-refractivity contribution in [2.75, 3.05) is 5.32 Å². The molecule has 1 aliphatic rings. The Morgan fingerprint density at radius 1 is 1.27 bits per heavy atom. The Bertz CT molecular complexity index is 676. The zero-order valence-corrected chi connectivity index (χ0v) is 11.6. The first kappa shape index (κ1) is 14.6. The number of alkyl halides is 3. The van der Waals surface area contributed by atoms with Crippen molar-refractivity contribution < 1.29 is 18.0 Å². The van der Waals surface area contributed by atoms with E-state index in [0.717, 1.165) is 24.4 Å². The van der Waals surface area contributed by atoms with Gasteiger partial charge in [0.15, 0.2) is 0 Å². The van der Waals surface area contributed by atoms with Gasteiger partial charge in [-0.25, -0.2) is 4.98 Å². The number of aromatic nitrogens is 2. The summed E-state index contributed by atoms with van der Waals surface area (Å²) in [6.07, 6.45) is 0.378. The minimum absolute atomic E-state index is 0.174. The molecular formula is C15H14F3N3O. The smallest absolute Gasteiger partial charge is 0.335 e. The van der Waals surface area contributed by atoms with Crippen LogP contribution in [0.15, 0.2) is 36.8 Å². The second-order valence-electron chi connectivity index (χ2n) is 5.33. The fraction of sp³-hybridized carbons (Fsp3) is 0.333. The number of aryl methyl sites for hydroxylation is 1. The third-order valence-electron chi connectivity index (χ3n) is 3.82. The summed E-state index contributed by atoms with van der Waals surface area (Å²) in [6, 6.07) is 4.47. The topological polar surface area (TPSA) is 46.9 Å². The molecule has 116 valence electrons. The fourth-order valence-corrected chi connectivity index (χ4v) is 2.58. The van der Waals surface area contributed by atoms with Crippen LogP contribution in [0.3, 0.4) is 0 Å². The van der Waals surface area contributed by atoms with Gasteiger partial charge in [0.1, 0.15) is 0 Å². The number of hydrogen-bond donors (Lipinski definition) is 1. The molecule has 1 N–H and O–H groups in total. The molecule has 1 unspecified atom stereocenters. The molecule has 0 radical (unpaired) electrons. The first-order valence-electron chi connectivity index (χ1n) is 6.90. The van der Waals surface area contributed by atoms with Crippen molar-refractivity contribution in [1.82, 2.24) is 9.55 Å². The molecule has 1 atom stereocenters.